The fourth-order valence-corrected chi connectivity index (χ4v) is 4.11. The molecule has 1 heterocycles. The maximum atomic E-state index is 13.1. The van der Waals surface area contributed by atoms with Crippen LogP contribution in [-0.2, 0) is 18.1 Å². The van der Waals surface area contributed by atoms with Crippen molar-refractivity contribution in [2.24, 2.45) is 4.99 Å². The van der Waals surface area contributed by atoms with Crippen molar-refractivity contribution in [3.8, 4) is 0 Å². The van der Waals surface area contributed by atoms with Gasteiger partial charge in [-0.25, -0.2) is 9.56 Å². The molecule has 0 aliphatic carbocycles. The summed E-state index contributed by atoms with van der Waals surface area (Å²) in [6.07, 6.45) is 0. The van der Waals surface area contributed by atoms with Gasteiger partial charge in [0.15, 0.2) is 0 Å². The van der Waals surface area contributed by atoms with Gasteiger partial charge in [0.25, 0.3) is 5.91 Å². The molecule has 0 bridgehead atoms. The second kappa shape index (κ2) is 8.88. The molecule has 0 aromatic heterocycles. The Kier molecular flexibility index (Phi) is 6.52. The van der Waals surface area contributed by atoms with Crippen molar-refractivity contribution >= 4 is 42.6 Å². The Bertz CT molecular complexity index is 939. The number of nitrogens with zero attached hydrogens (tertiary/aromatic N) is 2. The number of carbonyl (C=O) groups is 1. The number of amides is 1. The molecule has 1 aliphatic heterocycles. The van der Waals surface area contributed by atoms with Crippen molar-refractivity contribution in [2.75, 3.05) is 24.7 Å². The SMILES string of the molecule is CCOP(=O)(OCC)OC1=Nc2ccccc2N(C(=O)c2ccccc2Cl)C1. The van der Waals surface area contributed by atoms with Crippen LogP contribution in [0.3, 0.4) is 0 Å². The number of phosphoric acid groups is 1. The quantitative estimate of drug-likeness (QED) is 0.596. The third-order valence-electron chi connectivity index (χ3n) is 3.85. The van der Waals surface area contributed by atoms with Gasteiger partial charge in [-0.3, -0.25) is 18.7 Å². The lowest BCUT2D eigenvalue weighted by Gasteiger charge is -2.29. The highest BCUT2D eigenvalue weighted by molar-refractivity contribution is 7.49. The summed E-state index contributed by atoms with van der Waals surface area (Å²) in [5.41, 5.74) is 1.45. The highest BCUT2D eigenvalue weighted by Crippen LogP contribution is 2.50. The van der Waals surface area contributed by atoms with Gasteiger partial charge in [-0.1, -0.05) is 35.9 Å². The van der Waals surface area contributed by atoms with Gasteiger partial charge >= 0.3 is 7.82 Å². The molecule has 0 unspecified atom stereocenters. The summed E-state index contributed by atoms with van der Waals surface area (Å²) in [7, 11) is -3.83. The maximum absolute atomic E-state index is 13.1. The predicted octanol–water partition coefficient (Wildman–Crippen LogP) is 5.23. The van der Waals surface area contributed by atoms with Gasteiger partial charge in [0, 0.05) is 0 Å². The number of hydrogen-bond donors (Lipinski definition) is 0. The van der Waals surface area contributed by atoms with Crippen LogP contribution >= 0.6 is 19.4 Å². The Hall–Kier alpha value is -2.18. The van der Waals surface area contributed by atoms with E-state index in [1.807, 2.05) is 0 Å². The average molecular weight is 423 g/mol. The summed E-state index contributed by atoms with van der Waals surface area (Å²) in [5, 5.41) is 0.337. The number of benzene rings is 2. The molecule has 9 heteroatoms. The standard InChI is InChI=1S/C19H20ClN2O5P/c1-3-25-28(24,26-4-2)27-18-13-22(17-12-8-7-11-16(17)21-18)19(23)14-9-5-6-10-15(14)20/h5-12H,3-4,13H2,1-2H3. The molecule has 28 heavy (non-hydrogen) atoms. The van der Waals surface area contributed by atoms with E-state index in [0.717, 1.165) is 0 Å². The molecular weight excluding hydrogens is 403 g/mol. The number of para-hydroxylation sites is 2. The molecular formula is C19H20ClN2O5P. The smallest absolute Gasteiger partial charge is 0.388 e. The fraction of sp³-hybridized carbons (Fsp3) is 0.263. The van der Waals surface area contributed by atoms with Gasteiger partial charge in [-0.2, -0.15) is 0 Å². The minimum absolute atomic E-state index is 0.0365. The molecule has 0 saturated heterocycles. The molecule has 148 valence electrons. The summed E-state index contributed by atoms with van der Waals surface area (Å²) in [4.78, 5) is 19.0. The number of phosphoric ester groups is 1. The van der Waals surface area contributed by atoms with E-state index in [-0.39, 0.29) is 31.6 Å². The lowest BCUT2D eigenvalue weighted by Crippen LogP contribution is -2.38. The van der Waals surface area contributed by atoms with Gasteiger partial charge in [0.05, 0.1) is 35.2 Å². The minimum atomic E-state index is -3.83. The predicted molar refractivity (Wildman–Crippen MR) is 109 cm³/mol. The van der Waals surface area contributed by atoms with E-state index in [2.05, 4.69) is 4.99 Å². The number of aliphatic imine (C=N–C) groups is 1. The summed E-state index contributed by atoms with van der Waals surface area (Å²) in [5.74, 6) is -0.263. The monoisotopic (exact) mass is 422 g/mol. The second-order valence-corrected chi connectivity index (χ2v) is 7.74. The number of carbonyl (C=O) groups excluding carboxylic acids is 1. The third kappa shape index (κ3) is 4.45. The summed E-state index contributed by atoms with van der Waals surface area (Å²) < 4.78 is 28.6. The Morgan fingerprint density at radius 3 is 2.43 bits per heavy atom. The van der Waals surface area contributed by atoms with Crippen LogP contribution in [0.5, 0.6) is 0 Å². The van der Waals surface area contributed by atoms with E-state index in [9.17, 15) is 9.36 Å². The molecule has 0 radical (unpaired) electrons. The molecule has 2 aromatic carbocycles. The Labute approximate surface area is 168 Å². The van der Waals surface area contributed by atoms with Crippen molar-refractivity contribution in [1.82, 2.24) is 0 Å². The molecule has 0 spiro atoms. The molecule has 7 nitrogen and oxygen atoms in total. The normalized spacial score (nSPS) is 13.7. The fourth-order valence-electron chi connectivity index (χ4n) is 2.72. The van der Waals surface area contributed by atoms with Crippen LogP contribution in [0.25, 0.3) is 0 Å². The number of fused-ring (bicyclic) bond motifs is 1. The van der Waals surface area contributed by atoms with Crippen LogP contribution in [0.2, 0.25) is 5.02 Å². The van der Waals surface area contributed by atoms with Crippen LogP contribution in [0.1, 0.15) is 24.2 Å². The topological polar surface area (TPSA) is 77.4 Å². The largest absolute Gasteiger partial charge is 0.531 e. The van der Waals surface area contributed by atoms with Gasteiger partial charge in [-0.15, -0.1) is 0 Å². The highest BCUT2D eigenvalue weighted by Gasteiger charge is 2.34. The Morgan fingerprint density at radius 1 is 1.11 bits per heavy atom. The zero-order valence-corrected chi connectivity index (χ0v) is 17.2. The molecule has 3 rings (SSSR count). The van der Waals surface area contributed by atoms with E-state index < -0.39 is 7.82 Å². The first-order valence-electron chi connectivity index (χ1n) is 8.79. The molecule has 0 atom stereocenters. The molecule has 1 amide bonds. The second-order valence-electron chi connectivity index (χ2n) is 5.74. The summed E-state index contributed by atoms with van der Waals surface area (Å²) >= 11 is 6.20. The average Bonchev–Trinajstić information content (AvgIpc) is 2.67. The van der Waals surface area contributed by atoms with E-state index in [1.54, 1.807) is 62.4 Å². The van der Waals surface area contributed by atoms with Crippen LogP contribution in [-0.4, -0.2) is 31.6 Å². The van der Waals surface area contributed by atoms with Crippen LogP contribution in [0.4, 0.5) is 11.4 Å². The van der Waals surface area contributed by atoms with Crippen LogP contribution in [0, 0.1) is 0 Å². The van der Waals surface area contributed by atoms with Gasteiger partial charge in [-0.05, 0) is 38.1 Å². The zero-order chi connectivity index (χ0) is 20.1. The lowest BCUT2D eigenvalue weighted by molar-refractivity contribution is 0.0987. The molecule has 2 aromatic rings. The maximum Gasteiger partial charge on any atom is 0.531 e. The summed E-state index contributed by atoms with van der Waals surface area (Å²) in [6.45, 7) is 3.61. The summed E-state index contributed by atoms with van der Waals surface area (Å²) in [6, 6.07) is 13.9. The van der Waals surface area contributed by atoms with Crippen molar-refractivity contribution in [3.05, 3.63) is 59.1 Å². The Balaban J connectivity index is 1.96. The van der Waals surface area contributed by atoms with Crippen LogP contribution < -0.4 is 4.90 Å². The van der Waals surface area contributed by atoms with Crippen molar-refractivity contribution in [1.29, 1.82) is 0 Å². The molecule has 0 fully saturated rings. The number of anilines is 1. The Morgan fingerprint density at radius 2 is 1.75 bits per heavy atom. The van der Waals surface area contributed by atoms with E-state index in [4.69, 9.17) is 25.2 Å². The van der Waals surface area contributed by atoms with Crippen molar-refractivity contribution in [3.63, 3.8) is 0 Å². The minimum Gasteiger partial charge on any atom is -0.388 e. The van der Waals surface area contributed by atoms with Crippen molar-refractivity contribution < 1.29 is 22.9 Å². The first kappa shape index (κ1) is 20.6. The van der Waals surface area contributed by atoms with E-state index >= 15 is 0 Å². The van der Waals surface area contributed by atoms with Gasteiger partial charge < -0.3 is 4.52 Å². The van der Waals surface area contributed by atoms with Gasteiger partial charge in [0.2, 0.25) is 5.90 Å². The van der Waals surface area contributed by atoms with E-state index in [0.29, 0.717) is 22.0 Å². The van der Waals surface area contributed by atoms with E-state index in [1.165, 1.54) is 4.90 Å². The molecule has 0 saturated carbocycles. The number of hydrogen-bond acceptors (Lipinski definition) is 6. The molecule has 1 aliphatic rings. The number of halogens is 1. The third-order valence-corrected chi connectivity index (χ3v) is 5.76. The van der Waals surface area contributed by atoms with Gasteiger partial charge in [0.1, 0.15) is 6.54 Å². The number of rotatable bonds is 6. The molecule has 0 N–H and O–H groups in total. The first-order chi connectivity index (χ1) is 13.5. The zero-order valence-electron chi connectivity index (χ0n) is 15.5. The van der Waals surface area contributed by atoms with Crippen LogP contribution in [0.15, 0.2) is 53.5 Å². The lowest BCUT2D eigenvalue weighted by atomic mass is 10.1. The first-order valence-corrected chi connectivity index (χ1v) is 10.6. The van der Waals surface area contributed by atoms with Crippen molar-refractivity contribution in [2.45, 2.75) is 13.8 Å². The highest BCUT2D eigenvalue weighted by atomic mass is 35.5.